The Morgan fingerprint density at radius 2 is 0.703 bits per heavy atom. The van der Waals surface area contributed by atoms with E-state index in [4.69, 9.17) is 15.0 Å². The summed E-state index contributed by atoms with van der Waals surface area (Å²) in [6.45, 7) is 2.11. The van der Waals surface area contributed by atoms with Gasteiger partial charge in [0.25, 0.3) is 0 Å². The summed E-state index contributed by atoms with van der Waals surface area (Å²) in [5.41, 5.74) is 8.82. The second-order valence-electron chi connectivity index (χ2n) is 9.07. The van der Waals surface area contributed by atoms with Crippen LogP contribution in [-0.2, 0) is 0 Å². The molecular formula is C34H25N3. The Kier molecular flexibility index (Phi) is 6.10. The van der Waals surface area contributed by atoms with Crippen LogP contribution < -0.4 is 0 Å². The minimum absolute atomic E-state index is 0.657. The third-order valence-corrected chi connectivity index (χ3v) is 6.40. The van der Waals surface area contributed by atoms with Gasteiger partial charge in [-0.25, -0.2) is 15.0 Å². The first-order valence-electron chi connectivity index (χ1n) is 12.4. The molecule has 37 heavy (non-hydrogen) atoms. The van der Waals surface area contributed by atoms with Crippen molar-refractivity contribution in [2.75, 3.05) is 0 Å². The number of aryl methyl sites for hydroxylation is 1. The molecule has 1 heterocycles. The zero-order valence-corrected chi connectivity index (χ0v) is 20.5. The first-order chi connectivity index (χ1) is 18.2. The third-order valence-electron chi connectivity index (χ3n) is 6.40. The fraction of sp³-hybridized carbons (Fsp3) is 0.0294. The lowest BCUT2D eigenvalue weighted by Gasteiger charge is -2.10. The standard InChI is InChI=1S/C34H25N3/c1-24-18-20-25(21-19-24)28-14-8-15-29(22-28)30-16-9-17-31(23-30)34-36-32(26-10-4-2-5-11-26)35-33(37-34)27-12-6-3-7-13-27/h2-23H,1H3. The third kappa shape index (κ3) is 4.93. The van der Waals surface area contributed by atoms with Gasteiger partial charge in [-0.15, -0.1) is 0 Å². The largest absolute Gasteiger partial charge is 0.208 e. The average molecular weight is 476 g/mol. The fourth-order valence-electron chi connectivity index (χ4n) is 4.40. The molecule has 0 unspecified atom stereocenters. The Hall–Kier alpha value is -4.89. The highest BCUT2D eigenvalue weighted by Crippen LogP contribution is 2.30. The van der Waals surface area contributed by atoms with E-state index in [1.165, 1.54) is 16.7 Å². The van der Waals surface area contributed by atoms with Crippen LogP contribution in [0, 0.1) is 6.92 Å². The van der Waals surface area contributed by atoms with Crippen LogP contribution in [0.4, 0.5) is 0 Å². The fourth-order valence-corrected chi connectivity index (χ4v) is 4.40. The van der Waals surface area contributed by atoms with E-state index in [1.54, 1.807) is 0 Å². The topological polar surface area (TPSA) is 38.7 Å². The van der Waals surface area contributed by atoms with E-state index in [1.807, 2.05) is 60.7 Å². The molecule has 0 fully saturated rings. The van der Waals surface area contributed by atoms with Gasteiger partial charge >= 0.3 is 0 Å². The molecule has 3 heteroatoms. The molecule has 0 radical (unpaired) electrons. The summed E-state index contributed by atoms with van der Waals surface area (Å²) in [5.74, 6) is 1.98. The van der Waals surface area contributed by atoms with Crippen molar-refractivity contribution in [3.8, 4) is 56.4 Å². The van der Waals surface area contributed by atoms with Crippen LogP contribution in [0.15, 0.2) is 133 Å². The Bertz CT molecular complexity index is 1600. The smallest absolute Gasteiger partial charge is 0.164 e. The summed E-state index contributed by atoms with van der Waals surface area (Å²) in [6.07, 6.45) is 0. The van der Waals surface area contributed by atoms with Gasteiger partial charge in [0.15, 0.2) is 17.5 Å². The van der Waals surface area contributed by atoms with Gasteiger partial charge in [-0.2, -0.15) is 0 Å². The van der Waals surface area contributed by atoms with Crippen molar-refractivity contribution in [2.45, 2.75) is 6.92 Å². The van der Waals surface area contributed by atoms with E-state index >= 15 is 0 Å². The van der Waals surface area contributed by atoms with Crippen LogP contribution in [0.2, 0.25) is 0 Å². The van der Waals surface area contributed by atoms with E-state index in [0.29, 0.717) is 17.5 Å². The summed E-state index contributed by atoms with van der Waals surface area (Å²) < 4.78 is 0. The quantitative estimate of drug-likeness (QED) is 0.251. The maximum absolute atomic E-state index is 4.89. The van der Waals surface area contributed by atoms with Gasteiger partial charge in [0.05, 0.1) is 0 Å². The molecule has 5 aromatic carbocycles. The van der Waals surface area contributed by atoms with Crippen molar-refractivity contribution in [3.05, 3.63) is 139 Å². The number of nitrogens with zero attached hydrogens (tertiary/aromatic N) is 3. The number of aromatic nitrogens is 3. The van der Waals surface area contributed by atoms with Crippen LogP contribution in [0.5, 0.6) is 0 Å². The highest BCUT2D eigenvalue weighted by atomic mass is 15.0. The normalized spacial score (nSPS) is 10.8. The van der Waals surface area contributed by atoms with Crippen molar-refractivity contribution in [2.24, 2.45) is 0 Å². The minimum atomic E-state index is 0.657. The number of rotatable bonds is 5. The summed E-state index contributed by atoms with van der Waals surface area (Å²) >= 11 is 0. The van der Waals surface area contributed by atoms with Crippen molar-refractivity contribution in [3.63, 3.8) is 0 Å². The predicted octanol–water partition coefficient (Wildman–Crippen LogP) is 8.52. The molecule has 6 rings (SSSR count). The van der Waals surface area contributed by atoms with Crippen molar-refractivity contribution < 1.29 is 0 Å². The highest BCUT2D eigenvalue weighted by molar-refractivity contribution is 5.76. The van der Waals surface area contributed by atoms with E-state index in [2.05, 4.69) is 79.7 Å². The highest BCUT2D eigenvalue weighted by Gasteiger charge is 2.13. The van der Waals surface area contributed by atoms with E-state index in [-0.39, 0.29) is 0 Å². The summed E-state index contributed by atoms with van der Waals surface area (Å²) in [7, 11) is 0. The van der Waals surface area contributed by atoms with Gasteiger partial charge < -0.3 is 0 Å². The Labute approximate surface area is 217 Å². The molecule has 176 valence electrons. The molecule has 0 saturated heterocycles. The molecule has 0 atom stereocenters. The molecule has 0 aliphatic heterocycles. The van der Waals surface area contributed by atoms with Crippen LogP contribution in [-0.4, -0.2) is 15.0 Å². The van der Waals surface area contributed by atoms with Gasteiger partial charge in [0, 0.05) is 16.7 Å². The van der Waals surface area contributed by atoms with Gasteiger partial charge in [-0.05, 0) is 41.3 Å². The maximum atomic E-state index is 4.89. The lowest BCUT2D eigenvalue weighted by molar-refractivity contribution is 1.07. The van der Waals surface area contributed by atoms with Crippen LogP contribution in [0.3, 0.4) is 0 Å². The second-order valence-corrected chi connectivity index (χ2v) is 9.07. The molecule has 0 aliphatic carbocycles. The number of hydrogen-bond donors (Lipinski definition) is 0. The van der Waals surface area contributed by atoms with Gasteiger partial charge in [0.2, 0.25) is 0 Å². The monoisotopic (exact) mass is 475 g/mol. The molecular weight excluding hydrogens is 450 g/mol. The second kappa shape index (κ2) is 10.00. The van der Waals surface area contributed by atoms with Crippen molar-refractivity contribution in [1.29, 1.82) is 0 Å². The van der Waals surface area contributed by atoms with E-state index in [0.717, 1.165) is 27.8 Å². The molecule has 6 aromatic rings. The molecule has 0 saturated carbocycles. The van der Waals surface area contributed by atoms with Crippen LogP contribution >= 0.6 is 0 Å². The predicted molar refractivity (Wildman–Crippen MR) is 152 cm³/mol. The van der Waals surface area contributed by atoms with Crippen LogP contribution in [0.25, 0.3) is 56.4 Å². The molecule has 0 aliphatic rings. The maximum Gasteiger partial charge on any atom is 0.164 e. The van der Waals surface area contributed by atoms with E-state index in [9.17, 15) is 0 Å². The summed E-state index contributed by atoms with van der Waals surface area (Å²) in [5, 5.41) is 0. The molecule has 0 amide bonds. The SMILES string of the molecule is Cc1ccc(-c2cccc(-c3cccc(-c4nc(-c5ccccc5)nc(-c5ccccc5)n4)c3)c2)cc1. The lowest BCUT2D eigenvalue weighted by Crippen LogP contribution is -2.00. The van der Waals surface area contributed by atoms with Gasteiger partial charge in [-0.1, -0.05) is 127 Å². The molecule has 0 bridgehead atoms. The van der Waals surface area contributed by atoms with E-state index < -0.39 is 0 Å². The zero-order valence-electron chi connectivity index (χ0n) is 20.5. The van der Waals surface area contributed by atoms with Crippen LogP contribution in [0.1, 0.15) is 5.56 Å². The number of hydrogen-bond acceptors (Lipinski definition) is 3. The molecule has 3 nitrogen and oxygen atoms in total. The number of benzene rings is 5. The zero-order chi connectivity index (χ0) is 25.0. The Balaban J connectivity index is 1.44. The minimum Gasteiger partial charge on any atom is -0.208 e. The lowest BCUT2D eigenvalue weighted by atomic mass is 9.97. The van der Waals surface area contributed by atoms with Crippen molar-refractivity contribution in [1.82, 2.24) is 15.0 Å². The Morgan fingerprint density at radius 1 is 0.324 bits per heavy atom. The molecule has 0 N–H and O–H groups in total. The summed E-state index contributed by atoms with van der Waals surface area (Å²) in [4.78, 5) is 14.6. The first kappa shape index (κ1) is 22.6. The van der Waals surface area contributed by atoms with Crippen molar-refractivity contribution >= 4 is 0 Å². The molecule has 0 spiro atoms. The first-order valence-corrected chi connectivity index (χ1v) is 12.4. The average Bonchev–Trinajstić information content (AvgIpc) is 2.98. The Morgan fingerprint density at radius 3 is 1.22 bits per heavy atom. The van der Waals surface area contributed by atoms with Gasteiger partial charge in [-0.3, -0.25) is 0 Å². The summed E-state index contributed by atoms with van der Waals surface area (Å²) in [6, 6.07) is 45.8. The molecule has 1 aromatic heterocycles. The van der Waals surface area contributed by atoms with Gasteiger partial charge in [0.1, 0.15) is 0 Å².